The summed E-state index contributed by atoms with van der Waals surface area (Å²) in [4.78, 5) is 0. The van der Waals surface area contributed by atoms with Crippen LogP contribution in [0, 0.1) is 5.82 Å². The molecule has 4 nitrogen and oxygen atoms in total. The molecule has 0 heterocycles. The highest BCUT2D eigenvalue weighted by molar-refractivity contribution is 5.47. The second kappa shape index (κ2) is 10.4. The summed E-state index contributed by atoms with van der Waals surface area (Å²) in [6.07, 6.45) is 1.00. The number of hydrogen-bond donors (Lipinski definition) is 1. The highest BCUT2D eigenvalue weighted by atomic mass is 19.1. The van der Waals surface area contributed by atoms with Crippen molar-refractivity contribution in [2.45, 2.75) is 33.2 Å². The van der Waals surface area contributed by atoms with Crippen LogP contribution in [0.3, 0.4) is 0 Å². The van der Waals surface area contributed by atoms with Crippen LogP contribution < -0.4 is 10.1 Å². The van der Waals surface area contributed by atoms with Crippen molar-refractivity contribution in [2.75, 3.05) is 38.4 Å². The molecule has 0 amide bonds. The molecule has 0 saturated heterocycles. The van der Waals surface area contributed by atoms with Crippen molar-refractivity contribution >= 4 is 5.69 Å². The van der Waals surface area contributed by atoms with Crippen LogP contribution in [0.15, 0.2) is 18.2 Å². The molecular weight excluding hydrogens is 273 g/mol. The highest BCUT2D eigenvalue weighted by Gasteiger charge is 2.05. The Hall–Kier alpha value is -1.33. The third kappa shape index (κ3) is 7.87. The van der Waals surface area contributed by atoms with Gasteiger partial charge in [0.1, 0.15) is 6.61 Å². The van der Waals surface area contributed by atoms with E-state index < -0.39 is 0 Å². The molecule has 0 aliphatic carbocycles. The molecule has 1 rings (SSSR count). The fourth-order valence-electron chi connectivity index (χ4n) is 1.72. The van der Waals surface area contributed by atoms with Crippen LogP contribution in [-0.4, -0.2) is 39.1 Å². The molecule has 0 bridgehead atoms. The molecule has 1 aromatic carbocycles. The van der Waals surface area contributed by atoms with Crippen LogP contribution in [0.4, 0.5) is 10.1 Å². The fourth-order valence-corrected chi connectivity index (χ4v) is 1.72. The normalized spacial score (nSPS) is 10.9. The lowest BCUT2D eigenvalue weighted by atomic mass is 10.2. The van der Waals surface area contributed by atoms with Crippen molar-refractivity contribution in [3.8, 4) is 5.75 Å². The van der Waals surface area contributed by atoms with Crippen molar-refractivity contribution in [2.24, 2.45) is 0 Å². The summed E-state index contributed by atoms with van der Waals surface area (Å²) in [5.41, 5.74) is 0.749. The first-order chi connectivity index (χ1) is 10.1. The number of rotatable bonds is 11. The van der Waals surface area contributed by atoms with Crippen LogP contribution in [0.2, 0.25) is 0 Å². The molecule has 5 heteroatoms. The van der Waals surface area contributed by atoms with E-state index in [0.29, 0.717) is 26.4 Å². The summed E-state index contributed by atoms with van der Waals surface area (Å²) in [5, 5.41) is 3.14. The summed E-state index contributed by atoms with van der Waals surface area (Å²) in [6, 6.07) is 5.14. The van der Waals surface area contributed by atoms with Gasteiger partial charge in [0.25, 0.3) is 0 Å². The summed E-state index contributed by atoms with van der Waals surface area (Å²) in [6.45, 7) is 8.67. The fraction of sp³-hybridized carbons (Fsp3) is 0.625. The summed E-state index contributed by atoms with van der Waals surface area (Å²) < 4.78 is 29.8. The summed E-state index contributed by atoms with van der Waals surface area (Å²) in [5.74, 6) is -0.123. The molecule has 0 aliphatic heterocycles. The first kappa shape index (κ1) is 17.7. The minimum atomic E-state index is -0.369. The number of ether oxygens (including phenoxy) is 3. The SMILES string of the molecule is CCCOCCOCCOc1ccc(NC(C)C)cc1F. The standard InChI is InChI=1S/C16H26FNO3/c1-4-7-19-8-9-20-10-11-21-16-6-5-14(12-15(16)17)18-13(2)3/h5-6,12-13,18H,4,7-11H2,1-3H3. The second-order valence-electron chi connectivity index (χ2n) is 5.02. The van der Waals surface area contributed by atoms with Crippen LogP contribution in [0.5, 0.6) is 5.75 Å². The highest BCUT2D eigenvalue weighted by Crippen LogP contribution is 2.21. The average Bonchev–Trinajstić information content (AvgIpc) is 2.43. The van der Waals surface area contributed by atoms with Crippen LogP contribution >= 0.6 is 0 Å². The van der Waals surface area contributed by atoms with E-state index >= 15 is 0 Å². The molecule has 0 unspecified atom stereocenters. The zero-order valence-electron chi connectivity index (χ0n) is 13.2. The van der Waals surface area contributed by atoms with Crippen molar-refractivity contribution in [3.05, 3.63) is 24.0 Å². The van der Waals surface area contributed by atoms with Gasteiger partial charge in [0.05, 0.1) is 19.8 Å². The third-order valence-corrected chi connectivity index (χ3v) is 2.59. The predicted octanol–water partition coefficient (Wildman–Crippen LogP) is 3.47. The van der Waals surface area contributed by atoms with E-state index in [1.54, 1.807) is 12.1 Å². The molecule has 0 atom stereocenters. The van der Waals surface area contributed by atoms with E-state index in [2.05, 4.69) is 12.2 Å². The van der Waals surface area contributed by atoms with Crippen molar-refractivity contribution in [1.82, 2.24) is 0 Å². The van der Waals surface area contributed by atoms with Gasteiger partial charge in [-0.25, -0.2) is 4.39 Å². The molecule has 0 aliphatic rings. The maximum Gasteiger partial charge on any atom is 0.167 e. The Labute approximate surface area is 126 Å². The van der Waals surface area contributed by atoms with Gasteiger partial charge >= 0.3 is 0 Å². The maximum absolute atomic E-state index is 13.8. The minimum absolute atomic E-state index is 0.245. The van der Waals surface area contributed by atoms with E-state index in [-0.39, 0.29) is 17.6 Å². The van der Waals surface area contributed by atoms with E-state index in [1.165, 1.54) is 6.07 Å². The molecule has 1 N–H and O–H groups in total. The average molecular weight is 299 g/mol. The third-order valence-electron chi connectivity index (χ3n) is 2.59. The van der Waals surface area contributed by atoms with Gasteiger partial charge in [0.15, 0.2) is 11.6 Å². The molecule has 0 spiro atoms. The lowest BCUT2D eigenvalue weighted by Crippen LogP contribution is -2.12. The van der Waals surface area contributed by atoms with E-state index in [9.17, 15) is 4.39 Å². The summed E-state index contributed by atoms with van der Waals surface area (Å²) in [7, 11) is 0. The first-order valence-electron chi connectivity index (χ1n) is 7.47. The van der Waals surface area contributed by atoms with Gasteiger partial charge in [0, 0.05) is 24.4 Å². The topological polar surface area (TPSA) is 39.7 Å². The van der Waals surface area contributed by atoms with Crippen molar-refractivity contribution in [1.29, 1.82) is 0 Å². The number of nitrogens with one attached hydrogen (secondary N) is 1. The molecule has 0 saturated carbocycles. The smallest absolute Gasteiger partial charge is 0.167 e. The van der Waals surface area contributed by atoms with Gasteiger partial charge in [-0.1, -0.05) is 6.92 Å². The second-order valence-corrected chi connectivity index (χ2v) is 5.02. The zero-order valence-corrected chi connectivity index (χ0v) is 13.2. The van der Waals surface area contributed by atoms with Crippen LogP contribution in [0.25, 0.3) is 0 Å². The van der Waals surface area contributed by atoms with Crippen LogP contribution in [-0.2, 0) is 9.47 Å². The molecule has 0 aromatic heterocycles. The summed E-state index contributed by atoms with van der Waals surface area (Å²) >= 11 is 0. The Kier molecular flexibility index (Phi) is 8.78. The minimum Gasteiger partial charge on any atom is -0.488 e. The van der Waals surface area contributed by atoms with Gasteiger partial charge in [0.2, 0.25) is 0 Å². The van der Waals surface area contributed by atoms with Crippen molar-refractivity contribution < 1.29 is 18.6 Å². The Balaban J connectivity index is 2.20. The molecule has 0 fully saturated rings. The van der Waals surface area contributed by atoms with Gasteiger partial charge in [-0.15, -0.1) is 0 Å². The molecular formula is C16H26FNO3. The number of halogens is 1. The van der Waals surface area contributed by atoms with Gasteiger partial charge in [-0.2, -0.15) is 0 Å². The number of benzene rings is 1. The van der Waals surface area contributed by atoms with Crippen molar-refractivity contribution in [3.63, 3.8) is 0 Å². The molecule has 1 aromatic rings. The Morgan fingerprint density at radius 3 is 2.33 bits per heavy atom. The Morgan fingerprint density at radius 1 is 1.05 bits per heavy atom. The quantitative estimate of drug-likeness (QED) is 0.635. The van der Waals surface area contributed by atoms with Gasteiger partial charge in [-0.3, -0.25) is 0 Å². The maximum atomic E-state index is 13.8. The lowest BCUT2D eigenvalue weighted by molar-refractivity contribution is 0.0361. The number of anilines is 1. The Bertz CT molecular complexity index is 399. The molecule has 0 radical (unpaired) electrons. The Morgan fingerprint density at radius 2 is 1.71 bits per heavy atom. The first-order valence-corrected chi connectivity index (χ1v) is 7.47. The van der Waals surface area contributed by atoms with Crippen LogP contribution in [0.1, 0.15) is 27.2 Å². The lowest BCUT2D eigenvalue weighted by Gasteiger charge is -2.12. The van der Waals surface area contributed by atoms with E-state index in [4.69, 9.17) is 14.2 Å². The predicted molar refractivity (Wildman–Crippen MR) is 82.6 cm³/mol. The molecule has 21 heavy (non-hydrogen) atoms. The van der Waals surface area contributed by atoms with Gasteiger partial charge < -0.3 is 19.5 Å². The number of hydrogen-bond acceptors (Lipinski definition) is 4. The van der Waals surface area contributed by atoms with Gasteiger partial charge in [-0.05, 0) is 32.4 Å². The molecule has 120 valence electrons. The zero-order chi connectivity index (χ0) is 15.5. The van der Waals surface area contributed by atoms with E-state index in [1.807, 2.05) is 13.8 Å². The largest absolute Gasteiger partial charge is 0.488 e. The monoisotopic (exact) mass is 299 g/mol. The van der Waals surface area contributed by atoms with E-state index in [0.717, 1.165) is 18.7 Å².